The van der Waals surface area contributed by atoms with Gasteiger partial charge >= 0.3 is 0 Å². The molecule has 1 aliphatic carbocycles. The van der Waals surface area contributed by atoms with Crippen LogP contribution in [0.25, 0.3) is 11.3 Å². The van der Waals surface area contributed by atoms with Crippen molar-refractivity contribution >= 4 is 0 Å². The first kappa shape index (κ1) is 13.1. The molecule has 1 aromatic carbocycles. The van der Waals surface area contributed by atoms with Gasteiger partial charge in [0.1, 0.15) is 0 Å². The molecule has 0 radical (unpaired) electrons. The third-order valence-corrected chi connectivity index (χ3v) is 5.71. The van der Waals surface area contributed by atoms with E-state index in [-0.39, 0.29) is 11.5 Å². The second kappa shape index (κ2) is 4.20. The molecular weight excluding hydrogens is 260 g/mol. The second-order valence-electron chi connectivity index (χ2n) is 7.19. The summed E-state index contributed by atoms with van der Waals surface area (Å²) in [5.74, 6) is 0. The third kappa shape index (κ3) is 1.61. The quantitative estimate of drug-likeness (QED) is 0.864. The number of rotatable bonds is 1. The lowest BCUT2D eigenvalue weighted by Gasteiger charge is -2.50. The molecule has 2 heterocycles. The van der Waals surface area contributed by atoms with Gasteiger partial charge in [-0.15, -0.1) is 0 Å². The van der Waals surface area contributed by atoms with Gasteiger partial charge in [0, 0.05) is 5.56 Å². The van der Waals surface area contributed by atoms with Crippen LogP contribution in [0, 0.1) is 5.41 Å². The number of hydrogen-bond acceptors (Lipinski definition) is 2. The second-order valence-corrected chi connectivity index (χ2v) is 7.19. The molecule has 1 N–H and O–H groups in total. The summed E-state index contributed by atoms with van der Waals surface area (Å²) < 4.78 is 2.18. The number of fused-ring (bicyclic) bond motifs is 3. The van der Waals surface area contributed by atoms with Crippen molar-refractivity contribution in [2.75, 3.05) is 0 Å². The molecule has 1 fully saturated rings. The van der Waals surface area contributed by atoms with Crippen molar-refractivity contribution in [2.24, 2.45) is 5.41 Å². The molecule has 0 amide bonds. The summed E-state index contributed by atoms with van der Waals surface area (Å²) in [6.45, 7) is 4.42. The van der Waals surface area contributed by atoms with E-state index in [1.165, 1.54) is 17.5 Å². The van der Waals surface area contributed by atoms with E-state index in [2.05, 4.69) is 47.7 Å². The normalized spacial score (nSPS) is 30.0. The van der Waals surface area contributed by atoms with Crippen molar-refractivity contribution in [1.82, 2.24) is 9.55 Å². The highest BCUT2D eigenvalue weighted by Crippen LogP contribution is 2.55. The Labute approximate surface area is 125 Å². The SMILES string of the molecule is CC1(C)CCCC[C@@]1(O)C1c2ccccc2-c2cncn21. The first-order chi connectivity index (χ1) is 10.0. The van der Waals surface area contributed by atoms with Crippen LogP contribution in [0.15, 0.2) is 36.8 Å². The van der Waals surface area contributed by atoms with Gasteiger partial charge in [0.2, 0.25) is 0 Å². The standard InChI is InChI=1S/C18H22N2O/c1-17(2)9-5-6-10-18(17,21)16-14-8-4-3-7-13(14)15-11-19-12-20(15)16/h3-4,7-8,11-12,16,21H,5-6,9-10H2,1-2H3/t16?,18-/m1/s1. The van der Waals surface area contributed by atoms with Crippen LogP contribution >= 0.6 is 0 Å². The molecular formula is C18H22N2O. The predicted molar refractivity (Wildman–Crippen MR) is 83.0 cm³/mol. The molecule has 0 saturated heterocycles. The van der Waals surface area contributed by atoms with E-state index in [1.807, 2.05) is 12.5 Å². The van der Waals surface area contributed by atoms with Crippen molar-refractivity contribution in [3.8, 4) is 11.3 Å². The molecule has 110 valence electrons. The van der Waals surface area contributed by atoms with Crippen LogP contribution in [0.3, 0.4) is 0 Å². The largest absolute Gasteiger partial charge is 0.387 e. The van der Waals surface area contributed by atoms with Crippen LogP contribution in [-0.2, 0) is 0 Å². The fourth-order valence-electron chi connectivity index (χ4n) is 4.35. The maximum absolute atomic E-state index is 11.7. The summed E-state index contributed by atoms with van der Waals surface area (Å²) in [7, 11) is 0. The van der Waals surface area contributed by atoms with Crippen LogP contribution in [0.1, 0.15) is 51.1 Å². The molecule has 1 aliphatic heterocycles. The van der Waals surface area contributed by atoms with Gasteiger partial charge < -0.3 is 9.67 Å². The van der Waals surface area contributed by atoms with E-state index in [9.17, 15) is 5.11 Å². The first-order valence-electron chi connectivity index (χ1n) is 7.88. The van der Waals surface area contributed by atoms with Gasteiger partial charge in [-0.25, -0.2) is 4.98 Å². The lowest BCUT2D eigenvalue weighted by Crippen LogP contribution is -2.52. The van der Waals surface area contributed by atoms with Gasteiger partial charge in [0.15, 0.2) is 0 Å². The Bertz CT molecular complexity index is 688. The fraction of sp³-hybridized carbons (Fsp3) is 0.500. The summed E-state index contributed by atoms with van der Waals surface area (Å²) in [5, 5.41) is 11.7. The van der Waals surface area contributed by atoms with Crippen molar-refractivity contribution in [3.63, 3.8) is 0 Å². The van der Waals surface area contributed by atoms with Crippen LogP contribution in [0.5, 0.6) is 0 Å². The van der Waals surface area contributed by atoms with E-state index in [0.717, 1.165) is 25.0 Å². The fourth-order valence-corrected chi connectivity index (χ4v) is 4.35. The molecule has 3 heteroatoms. The zero-order chi connectivity index (χ0) is 14.7. The monoisotopic (exact) mass is 282 g/mol. The number of aliphatic hydroxyl groups is 1. The van der Waals surface area contributed by atoms with Crippen LogP contribution in [0.2, 0.25) is 0 Å². The summed E-state index contributed by atoms with van der Waals surface area (Å²) in [4.78, 5) is 4.32. The molecule has 1 saturated carbocycles. The number of hydrogen-bond donors (Lipinski definition) is 1. The van der Waals surface area contributed by atoms with Crippen molar-refractivity contribution in [3.05, 3.63) is 42.4 Å². The van der Waals surface area contributed by atoms with Gasteiger partial charge in [-0.3, -0.25) is 0 Å². The Balaban J connectivity index is 1.93. The minimum Gasteiger partial charge on any atom is -0.387 e. The van der Waals surface area contributed by atoms with Gasteiger partial charge in [-0.2, -0.15) is 0 Å². The summed E-state index contributed by atoms with van der Waals surface area (Å²) >= 11 is 0. The average molecular weight is 282 g/mol. The summed E-state index contributed by atoms with van der Waals surface area (Å²) in [6.07, 6.45) is 8.03. The summed E-state index contributed by atoms with van der Waals surface area (Å²) in [6, 6.07) is 8.43. The minimum atomic E-state index is -0.715. The Hall–Kier alpha value is -1.61. The number of aromatic nitrogens is 2. The highest BCUT2D eigenvalue weighted by Gasteiger charge is 2.54. The molecule has 21 heavy (non-hydrogen) atoms. The highest BCUT2D eigenvalue weighted by atomic mass is 16.3. The zero-order valence-corrected chi connectivity index (χ0v) is 12.7. The Morgan fingerprint density at radius 1 is 1.19 bits per heavy atom. The molecule has 3 nitrogen and oxygen atoms in total. The van der Waals surface area contributed by atoms with Crippen molar-refractivity contribution in [2.45, 2.75) is 51.2 Å². The van der Waals surface area contributed by atoms with Gasteiger partial charge in [0.25, 0.3) is 0 Å². The van der Waals surface area contributed by atoms with Crippen molar-refractivity contribution < 1.29 is 5.11 Å². The average Bonchev–Trinajstić information content (AvgIpc) is 3.02. The zero-order valence-electron chi connectivity index (χ0n) is 12.7. The number of imidazole rings is 1. The third-order valence-electron chi connectivity index (χ3n) is 5.71. The molecule has 0 bridgehead atoms. The minimum absolute atomic E-state index is 0.0125. The molecule has 2 atom stereocenters. The van der Waals surface area contributed by atoms with E-state index < -0.39 is 5.60 Å². The van der Waals surface area contributed by atoms with Crippen LogP contribution in [0.4, 0.5) is 0 Å². The lowest BCUT2D eigenvalue weighted by atomic mass is 9.61. The predicted octanol–water partition coefficient (Wildman–Crippen LogP) is 3.78. The van der Waals surface area contributed by atoms with E-state index in [0.29, 0.717) is 0 Å². The molecule has 2 aromatic rings. The summed E-state index contributed by atoms with van der Waals surface area (Å²) in [5.41, 5.74) is 2.79. The smallest absolute Gasteiger partial charge is 0.0957 e. The molecule has 4 rings (SSSR count). The molecule has 2 aliphatic rings. The Morgan fingerprint density at radius 2 is 1.95 bits per heavy atom. The number of benzene rings is 1. The van der Waals surface area contributed by atoms with Gasteiger partial charge in [-0.05, 0) is 23.8 Å². The maximum atomic E-state index is 11.7. The Morgan fingerprint density at radius 3 is 2.76 bits per heavy atom. The van der Waals surface area contributed by atoms with Gasteiger partial charge in [0.05, 0.1) is 29.9 Å². The molecule has 1 aromatic heterocycles. The van der Waals surface area contributed by atoms with Crippen LogP contribution in [-0.4, -0.2) is 20.3 Å². The van der Waals surface area contributed by atoms with E-state index >= 15 is 0 Å². The van der Waals surface area contributed by atoms with Gasteiger partial charge in [-0.1, -0.05) is 51.0 Å². The first-order valence-corrected chi connectivity index (χ1v) is 7.88. The van der Waals surface area contributed by atoms with Crippen LogP contribution < -0.4 is 0 Å². The topological polar surface area (TPSA) is 38.1 Å². The van der Waals surface area contributed by atoms with E-state index in [4.69, 9.17) is 0 Å². The van der Waals surface area contributed by atoms with E-state index in [1.54, 1.807) is 0 Å². The lowest BCUT2D eigenvalue weighted by molar-refractivity contribution is -0.121. The highest BCUT2D eigenvalue weighted by molar-refractivity contribution is 5.69. The van der Waals surface area contributed by atoms with Crippen molar-refractivity contribution in [1.29, 1.82) is 0 Å². The number of nitrogens with zero attached hydrogens (tertiary/aromatic N) is 2. The Kier molecular flexibility index (Phi) is 2.62. The maximum Gasteiger partial charge on any atom is 0.0957 e. The molecule has 1 unspecified atom stereocenters. The molecule has 0 spiro atoms.